The molecule has 0 aliphatic heterocycles. The zero-order valence-electron chi connectivity index (χ0n) is 23.4. The summed E-state index contributed by atoms with van der Waals surface area (Å²) in [6.45, 7) is 0. The Bertz CT molecular complexity index is 2440. The molecule has 0 aliphatic rings. The van der Waals surface area contributed by atoms with Crippen LogP contribution in [0, 0.1) is 0 Å². The van der Waals surface area contributed by atoms with Crippen molar-refractivity contribution in [3.63, 3.8) is 0 Å². The molecule has 0 aliphatic carbocycles. The molecule has 0 saturated heterocycles. The van der Waals surface area contributed by atoms with E-state index in [4.69, 9.17) is 19.4 Å². The molecule has 9 aromatic rings. The van der Waals surface area contributed by atoms with E-state index in [2.05, 4.69) is 91.0 Å². The van der Waals surface area contributed by atoms with E-state index in [0.717, 1.165) is 65.7 Å². The first-order valence-electron chi connectivity index (χ1n) is 14.5. The van der Waals surface area contributed by atoms with Gasteiger partial charge in [0.15, 0.2) is 0 Å². The second-order valence-electron chi connectivity index (χ2n) is 10.8. The third-order valence-corrected chi connectivity index (χ3v) is 10.5. The number of para-hydroxylation sites is 1. The van der Waals surface area contributed by atoms with Crippen LogP contribution in [0.5, 0.6) is 0 Å². The summed E-state index contributed by atoms with van der Waals surface area (Å²) in [5, 5.41) is 4.67. The number of rotatable bonds is 4. The second kappa shape index (κ2) is 10.1. The predicted molar refractivity (Wildman–Crippen MR) is 181 cm³/mol. The van der Waals surface area contributed by atoms with Gasteiger partial charge in [0.05, 0.1) is 0 Å². The molecule has 206 valence electrons. The maximum atomic E-state index is 6.21. The standard InChI is InChI=1S/C39H23N3OSe/c1-3-10-24(11-4-1)32-23-33(41-38(40-32)26-12-5-2-6-13-26)30-16-9-14-25-19-21-31-37(36(25)30)44-39(42-31)27-18-20-29-28-15-7-8-17-34(28)43-35(29)22-27/h1-23H. The van der Waals surface area contributed by atoms with Crippen LogP contribution in [0.1, 0.15) is 0 Å². The predicted octanol–water partition coefficient (Wildman–Crippen LogP) is 9.80. The van der Waals surface area contributed by atoms with Gasteiger partial charge in [0, 0.05) is 0 Å². The number of hydrogen-bond acceptors (Lipinski definition) is 4. The number of nitrogens with zero attached hydrogens (tertiary/aromatic N) is 3. The van der Waals surface area contributed by atoms with Gasteiger partial charge in [-0.25, -0.2) is 0 Å². The van der Waals surface area contributed by atoms with Crippen molar-refractivity contribution in [1.82, 2.24) is 15.0 Å². The fourth-order valence-electron chi connectivity index (χ4n) is 6.01. The van der Waals surface area contributed by atoms with E-state index < -0.39 is 0 Å². The minimum atomic E-state index is 0.00217. The molecule has 0 saturated carbocycles. The Morgan fingerprint density at radius 2 is 1.25 bits per heavy atom. The summed E-state index contributed by atoms with van der Waals surface area (Å²) in [5.41, 5.74) is 8.91. The molecule has 0 amide bonds. The molecule has 44 heavy (non-hydrogen) atoms. The Balaban J connectivity index is 1.25. The molecular weight excluding hydrogens is 605 g/mol. The van der Waals surface area contributed by atoms with Crippen LogP contribution in [0.3, 0.4) is 0 Å². The summed E-state index contributed by atoms with van der Waals surface area (Å²) >= 11 is 0.00217. The number of hydrogen-bond donors (Lipinski definition) is 0. The van der Waals surface area contributed by atoms with Gasteiger partial charge in [0.25, 0.3) is 0 Å². The van der Waals surface area contributed by atoms with Crippen LogP contribution in [0.4, 0.5) is 0 Å². The average molecular weight is 629 g/mol. The summed E-state index contributed by atoms with van der Waals surface area (Å²) in [6.07, 6.45) is 0. The van der Waals surface area contributed by atoms with E-state index in [-0.39, 0.29) is 14.5 Å². The first kappa shape index (κ1) is 25.2. The van der Waals surface area contributed by atoms with Gasteiger partial charge in [-0.15, -0.1) is 0 Å². The van der Waals surface area contributed by atoms with Crippen molar-refractivity contribution in [2.45, 2.75) is 0 Å². The van der Waals surface area contributed by atoms with Crippen LogP contribution >= 0.6 is 0 Å². The fourth-order valence-corrected chi connectivity index (χ4v) is 8.38. The van der Waals surface area contributed by atoms with Crippen LogP contribution in [-0.4, -0.2) is 29.5 Å². The Labute approximate surface area is 259 Å². The quantitative estimate of drug-likeness (QED) is 0.182. The van der Waals surface area contributed by atoms with E-state index in [9.17, 15) is 0 Å². The van der Waals surface area contributed by atoms with E-state index >= 15 is 0 Å². The Kier molecular flexibility index (Phi) is 5.80. The summed E-state index contributed by atoms with van der Waals surface area (Å²) in [6, 6.07) is 48.2. The molecule has 0 unspecified atom stereocenters. The van der Waals surface area contributed by atoms with E-state index in [0.29, 0.717) is 5.82 Å². The molecule has 9 rings (SSSR count). The number of fused-ring (bicyclic) bond motifs is 6. The van der Waals surface area contributed by atoms with E-state index in [1.807, 2.05) is 48.5 Å². The van der Waals surface area contributed by atoms with Crippen molar-refractivity contribution in [3.8, 4) is 44.0 Å². The Morgan fingerprint density at radius 1 is 0.500 bits per heavy atom. The van der Waals surface area contributed by atoms with Crippen molar-refractivity contribution in [1.29, 1.82) is 0 Å². The van der Waals surface area contributed by atoms with Crippen molar-refractivity contribution < 1.29 is 4.42 Å². The molecule has 0 radical (unpaired) electrons. The molecule has 0 bridgehead atoms. The fraction of sp³-hybridized carbons (Fsp3) is 0. The van der Waals surface area contributed by atoms with E-state index in [1.165, 1.54) is 15.0 Å². The number of benzene rings is 6. The third-order valence-electron chi connectivity index (χ3n) is 8.13. The summed E-state index contributed by atoms with van der Waals surface area (Å²) in [4.78, 5) is 15.3. The van der Waals surface area contributed by atoms with Crippen molar-refractivity contribution in [3.05, 3.63) is 140 Å². The summed E-state index contributed by atoms with van der Waals surface area (Å²) < 4.78 is 8.60. The van der Waals surface area contributed by atoms with Crippen LogP contribution in [0.2, 0.25) is 0 Å². The summed E-state index contributed by atoms with van der Waals surface area (Å²) in [5.74, 6) is 0.716. The molecule has 6 aromatic carbocycles. The van der Waals surface area contributed by atoms with Gasteiger partial charge >= 0.3 is 260 Å². The Hall–Kier alpha value is -5.35. The van der Waals surface area contributed by atoms with Gasteiger partial charge in [0.1, 0.15) is 0 Å². The van der Waals surface area contributed by atoms with Crippen LogP contribution in [0.15, 0.2) is 144 Å². The molecule has 5 heteroatoms. The monoisotopic (exact) mass is 629 g/mol. The summed E-state index contributed by atoms with van der Waals surface area (Å²) in [7, 11) is 0. The zero-order valence-corrected chi connectivity index (χ0v) is 25.2. The van der Waals surface area contributed by atoms with Crippen molar-refractivity contribution in [2.24, 2.45) is 0 Å². The molecule has 0 spiro atoms. The SMILES string of the molecule is c1ccc(-c2cc(-c3cccc4ccc5nc(-c6ccc7c(c6)oc6ccccc67)[se]c5c34)nc(-c3ccccc3)n2)cc1. The van der Waals surface area contributed by atoms with Gasteiger partial charge in [0.2, 0.25) is 0 Å². The topological polar surface area (TPSA) is 51.8 Å². The van der Waals surface area contributed by atoms with Gasteiger partial charge in [-0.3, -0.25) is 0 Å². The molecule has 3 aromatic heterocycles. The Morgan fingerprint density at radius 3 is 2.11 bits per heavy atom. The van der Waals surface area contributed by atoms with Gasteiger partial charge < -0.3 is 0 Å². The molecule has 0 fully saturated rings. The van der Waals surface area contributed by atoms with Crippen molar-refractivity contribution in [2.75, 3.05) is 0 Å². The molecule has 4 nitrogen and oxygen atoms in total. The van der Waals surface area contributed by atoms with Crippen molar-refractivity contribution >= 4 is 57.0 Å². The zero-order chi connectivity index (χ0) is 29.0. The first-order valence-corrected chi connectivity index (χ1v) is 16.2. The molecule has 3 heterocycles. The number of furan rings is 1. The van der Waals surface area contributed by atoms with Crippen LogP contribution < -0.4 is 0 Å². The minimum absolute atomic E-state index is 0.00217. The maximum absolute atomic E-state index is 6.21. The second-order valence-corrected chi connectivity index (χ2v) is 12.9. The van der Waals surface area contributed by atoms with Gasteiger partial charge in [-0.2, -0.15) is 0 Å². The molecule has 0 atom stereocenters. The van der Waals surface area contributed by atoms with E-state index in [1.54, 1.807) is 0 Å². The molecule has 0 N–H and O–H groups in total. The third kappa shape index (κ3) is 4.17. The van der Waals surface area contributed by atoms with Gasteiger partial charge in [-0.05, 0) is 0 Å². The molecular formula is C39H23N3OSe. The normalized spacial score (nSPS) is 11.6. The first-order chi connectivity index (χ1) is 21.8. The average Bonchev–Trinajstić information content (AvgIpc) is 3.70. The van der Waals surface area contributed by atoms with Crippen LogP contribution in [-0.2, 0) is 0 Å². The van der Waals surface area contributed by atoms with Gasteiger partial charge in [-0.1, -0.05) is 0 Å². The number of aromatic nitrogens is 3. The van der Waals surface area contributed by atoms with Crippen LogP contribution in [0.25, 0.3) is 86.5 Å².